The lowest BCUT2D eigenvalue weighted by Gasteiger charge is -2.27. The quantitative estimate of drug-likeness (QED) is 0.534. The topological polar surface area (TPSA) is 76.3 Å². The Kier molecular flexibility index (Phi) is 4.98. The van der Waals surface area contributed by atoms with E-state index in [9.17, 15) is 4.79 Å². The molecule has 0 saturated heterocycles. The van der Waals surface area contributed by atoms with Crippen LogP contribution >= 0.6 is 0 Å². The zero-order valence-electron chi connectivity index (χ0n) is 16.9. The third kappa shape index (κ3) is 3.46. The summed E-state index contributed by atoms with van der Waals surface area (Å²) in [5.41, 5.74) is 4.01. The fourth-order valence-electron chi connectivity index (χ4n) is 4.21. The first-order chi connectivity index (χ1) is 14.7. The highest BCUT2D eigenvalue weighted by Gasteiger charge is 2.23. The second-order valence-corrected chi connectivity index (χ2v) is 7.64. The monoisotopic (exact) mass is 404 g/mol. The molecule has 0 fully saturated rings. The number of hydrogen-bond acceptors (Lipinski definition) is 5. The van der Waals surface area contributed by atoms with E-state index < -0.39 is 0 Å². The van der Waals surface area contributed by atoms with Gasteiger partial charge in [-0.05, 0) is 23.8 Å². The summed E-state index contributed by atoms with van der Waals surface area (Å²) in [6.45, 7) is 3.73. The first-order valence-electron chi connectivity index (χ1n) is 10.2. The Morgan fingerprint density at radius 3 is 2.97 bits per heavy atom. The minimum Gasteiger partial charge on any atom is -0.461 e. The number of aromatic nitrogens is 3. The first kappa shape index (κ1) is 18.8. The van der Waals surface area contributed by atoms with Crippen molar-refractivity contribution in [1.82, 2.24) is 19.4 Å². The molecule has 1 aliphatic rings. The molecule has 30 heavy (non-hydrogen) atoms. The smallest absolute Gasteiger partial charge is 0.256 e. The molecule has 7 nitrogen and oxygen atoms in total. The van der Waals surface area contributed by atoms with Crippen molar-refractivity contribution in [3.05, 3.63) is 76.0 Å². The second kappa shape index (κ2) is 7.93. The number of methoxy groups -OCH3 is 1. The summed E-state index contributed by atoms with van der Waals surface area (Å²) in [6.07, 6.45) is 4.54. The van der Waals surface area contributed by atoms with Crippen LogP contribution in [0, 0.1) is 0 Å². The number of hydrogen-bond donors (Lipinski definition) is 1. The van der Waals surface area contributed by atoms with Gasteiger partial charge in [-0.3, -0.25) is 9.69 Å². The molecule has 1 N–H and O–H groups in total. The third-order valence-electron chi connectivity index (χ3n) is 5.70. The maximum atomic E-state index is 12.7. The third-order valence-corrected chi connectivity index (χ3v) is 5.70. The SMILES string of the molecule is COCCn1cc(CN2CCc3nc(-c4ccco4)[nH]c(=O)c3C2)c2ccccc21. The molecular weight excluding hydrogens is 380 g/mol. The Morgan fingerprint density at radius 2 is 2.13 bits per heavy atom. The van der Waals surface area contributed by atoms with Gasteiger partial charge in [0, 0.05) is 56.8 Å². The van der Waals surface area contributed by atoms with Crippen LogP contribution in [0.15, 0.2) is 58.1 Å². The standard InChI is InChI=1S/C23H24N4O3/c1-29-12-10-27-14-16(17-5-2-3-6-20(17)27)13-26-9-8-19-18(15-26)23(28)25-22(24-19)21-7-4-11-30-21/h2-7,11,14H,8-10,12-13,15H2,1H3,(H,24,25,28). The van der Waals surface area contributed by atoms with Crippen molar-refractivity contribution in [2.24, 2.45) is 0 Å². The van der Waals surface area contributed by atoms with E-state index in [0.29, 0.717) is 24.7 Å². The van der Waals surface area contributed by atoms with Crippen molar-refractivity contribution in [1.29, 1.82) is 0 Å². The summed E-state index contributed by atoms with van der Waals surface area (Å²) < 4.78 is 12.9. The molecule has 7 heteroatoms. The van der Waals surface area contributed by atoms with Gasteiger partial charge in [-0.15, -0.1) is 0 Å². The molecule has 0 atom stereocenters. The molecule has 3 aromatic heterocycles. The lowest BCUT2D eigenvalue weighted by atomic mass is 10.1. The van der Waals surface area contributed by atoms with Crippen LogP contribution in [0.25, 0.3) is 22.5 Å². The highest BCUT2D eigenvalue weighted by molar-refractivity contribution is 5.83. The molecule has 0 saturated carbocycles. The van der Waals surface area contributed by atoms with Crippen molar-refractivity contribution < 1.29 is 9.15 Å². The minimum absolute atomic E-state index is 0.0846. The molecule has 154 valence electrons. The molecule has 4 aromatic rings. The lowest BCUT2D eigenvalue weighted by Crippen LogP contribution is -2.35. The summed E-state index contributed by atoms with van der Waals surface area (Å²) >= 11 is 0. The largest absolute Gasteiger partial charge is 0.461 e. The number of furan rings is 1. The van der Waals surface area contributed by atoms with Gasteiger partial charge in [-0.2, -0.15) is 0 Å². The molecule has 4 heterocycles. The summed E-state index contributed by atoms with van der Waals surface area (Å²) in [4.78, 5) is 22.6. The summed E-state index contributed by atoms with van der Waals surface area (Å²) in [6, 6.07) is 12.0. The Hall–Kier alpha value is -3.16. The summed E-state index contributed by atoms with van der Waals surface area (Å²) in [5, 5.41) is 1.25. The van der Waals surface area contributed by atoms with E-state index in [-0.39, 0.29) is 5.56 Å². The van der Waals surface area contributed by atoms with Crippen LogP contribution < -0.4 is 5.56 Å². The number of ether oxygens (including phenoxy) is 1. The number of nitrogens with one attached hydrogen (secondary N) is 1. The van der Waals surface area contributed by atoms with Crippen molar-refractivity contribution in [3.8, 4) is 11.6 Å². The highest BCUT2D eigenvalue weighted by atomic mass is 16.5. The van der Waals surface area contributed by atoms with E-state index in [2.05, 4.69) is 49.9 Å². The van der Waals surface area contributed by atoms with E-state index in [1.807, 2.05) is 0 Å². The number of fused-ring (bicyclic) bond motifs is 2. The predicted molar refractivity (Wildman–Crippen MR) is 114 cm³/mol. The molecule has 0 spiro atoms. The molecule has 5 rings (SSSR count). The van der Waals surface area contributed by atoms with Gasteiger partial charge in [0.2, 0.25) is 0 Å². The predicted octanol–water partition coefficient (Wildman–Crippen LogP) is 3.19. The average Bonchev–Trinajstić information content (AvgIpc) is 3.42. The van der Waals surface area contributed by atoms with Gasteiger partial charge in [-0.1, -0.05) is 18.2 Å². The molecule has 0 bridgehead atoms. The van der Waals surface area contributed by atoms with Gasteiger partial charge >= 0.3 is 0 Å². The molecule has 0 unspecified atom stereocenters. The van der Waals surface area contributed by atoms with Crippen LogP contribution in [0.3, 0.4) is 0 Å². The van der Waals surface area contributed by atoms with Gasteiger partial charge in [0.1, 0.15) is 0 Å². The molecule has 1 aliphatic heterocycles. The maximum absolute atomic E-state index is 12.7. The number of para-hydroxylation sites is 1. The van der Waals surface area contributed by atoms with Crippen LogP contribution in [-0.2, 0) is 30.8 Å². The van der Waals surface area contributed by atoms with Crippen molar-refractivity contribution in [2.75, 3.05) is 20.3 Å². The molecule has 0 radical (unpaired) electrons. The Bertz CT molecular complexity index is 1220. The van der Waals surface area contributed by atoms with Crippen LogP contribution in [0.4, 0.5) is 0 Å². The van der Waals surface area contributed by atoms with Crippen LogP contribution in [-0.4, -0.2) is 39.7 Å². The Labute approximate surface area is 173 Å². The summed E-state index contributed by atoms with van der Waals surface area (Å²) in [7, 11) is 1.72. The van der Waals surface area contributed by atoms with Crippen molar-refractivity contribution in [3.63, 3.8) is 0 Å². The molecule has 1 aromatic carbocycles. The van der Waals surface area contributed by atoms with E-state index in [4.69, 9.17) is 9.15 Å². The minimum atomic E-state index is -0.0846. The van der Waals surface area contributed by atoms with Crippen LogP contribution in [0.5, 0.6) is 0 Å². The number of H-pyrrole nitrogens is 1. The Balaban J connectivity index is 1.40. The zero-order valence-corrected chi connectivity index (χ0v) is 16.9. The van der Waals surface area contributed by atoms with E-state index in [1.54, 1.807) is 25.5 Å². The van der Waals surface area contributed by atoms with E-state index >= 15 is 0 Å². The number of rotatable bonds is 6. The summed E-state index contributed by atoms with van der Waals surface area (Å²) in [5.74, 6) is 1.08. The number of benzene rings is 1. The molecule has 0 amide bonds. The van der Waals surface area contributed by atoms with Crippen LogP contribution in [0.1, 0.15) is 16.8 Å². The van der Waals surface area contributed by atoms with Gasteiger partial charge < -0.3 is 18.7 Å². The normalized spacial score (nSPS) is 14.3. The van der Waals surface area contributed by atoms with Gasteiger partial charge in [0.05, 0.1) is 24.1 Å². The fourth-order valence-corrected chi connectivity index (χ4v) is 4.21. The van der Waals surface area contributed by atoms with E-state index in [0.717, 1.165) is 37.3 Å². The maximum Gasteiger partial charge on any atom is 0.256 e. The fraction of sp³-hybridized carbons (Fsp3) is 0.304. The lowest BCUT2D eigenvalue weighted by molar-refractivity contribution is 0.188. The number of nitrogens with zero attached hydrogens (tertiary/aromatic N) is 3. The zero-order chi connectivity index (χ0) is 20.5. The van der Waals surface area contributed by atoms with Gasteiger partial charge in [-0.25, -0.2) is 4.98 Å². The highest BCUT2D eigenvalue weighted by Crippen LogP contribution is 2.25. The van der Waals surface area contributed by atoms with Crippen LogP contribution in [0.2, 0.25) is 0 Å². The number of aromatic amines is 1. The van der Waals surface area contributed by atoms with E-state index in [1.165, 1.54) is 16.5 Å². The van der Waals surface area contributed by atoms with Gasteiger partial charge in [0.25, 0.3) is 5.56 Å². The average molecular weight is 404 g/mol. The van der Waals surface area contributed by atoms with Crippen molar-refractivity contribution >= 4 is 10.9 Å². The molecule has 0 aliphatic carbocycles. The molecular formula is C23H24N4O3. The first-order valence-corrected chi connectivity index (χ1v) is 10.2. The Morgan fingerprint density at radius 1 is 1.23 bits per heavy atom. The second-order valence-electron chi connectivity index (χ2n) is 7.64. The van der Waals surface area contributed by atoms with Crippen molar-refractivity contribution in [2.45, 2.75) is 26.1 Å². The van der Waals surface area contributed by atoms with Gasteiger partial charge in [0.15, 0.2) is 11.6 Å².